The van der Waals surface area contributed by atoms with E-state index in [0.29, 0.717) is 12.8 Å². The van der Waals surface area contributed by atoms with Crippen LogP contribution in [0.15, 0.2) is 0 Å². The standard InChI is InChI=1S/C7H14O3S/c1-2-11(9,10)7-5-3-4-6(7)8/h6-8H,2-5H2,1H3/t6-,7-/m0/s1. The Morgan fingerprint density at radius 1 is 1.45 bits per heavy atom. The minimum Gasteiger partial charge on any atom is -0.392 e. The lowest BCUT2D eigenvalue weighted by Gasteiger charge is -2.13. The normalized spacial score (nSPS) is 32.5. The van der Waals surface area contributed by atoms with E-state index >= 15 is 0 Å². The van der Waals surface area contributed by atoms with Crippen LogP contribution in [-0.2, 0) is 9.84 Å². The van der Waals surface area contributed by atoms with Gasteiger partial charge in [-0.05, 0) is 19.3 Å². The third-order valence-corrected chi connectivity index (χ3v) is 4.56. The zero-order chi connectivity index (χ0) is 8.48. The van der Waals surface area contributed by atoms with Crippen molar-refractivity contribution < 1.29 is 13.5 Å². The van der Waals surface area contributed by atoms with Crippen LogP contribution in [0, 0.1) is 0 Å². The van der Waals surface area contributed by atoms with E-state index in [1.54, 1.807) is 6.92 Å². The lowest BCUT2D eigenvalue weighted by atomic mass is 10.3. The summed E-state index contributed by atoms with van der Waals surface area (Å²) in [7, 11) is -3.00. The van der Waals surface area contributed by atoms with Crippen LogP contribution < -0.4 is 0 Å². The van der Waals surface area contributed by atoms with Gasteiger partial charge in [-0.1, -0.05) is 6.92 Å². The first-order valence-corrected chi connectivity index (χ1v) is 5.69. The van der Waals surface area contributed by atoms with Gasteiger partial charge in [-0.3, -0.25) is 0 Å². The van der Waals surface area contributed by atoms with Gasteiger partial charge in [-0.25, -0.2) is 8.42 Å². The minimum atomic E-state index is -3.00. The van der Waals surface area contributed by atoms with E-state index in [4.69, 9.17) is 0 Å². The Labute approximate surface area is 67.3 Å². The molecule has 0 aromatic heterocycles. The first-order valence-electron chi connectivity index (χ1n) is 3.97. The van der Waals surface area contributed by atoms with E-state index in [9.17, 15) is 13.5 Å². The van der Waals surface area contributed by atoms with Crippen LogP contribution in [0.5, 0.6) is 0 Å². The SMILES string of the molecule is CCS(=O)(=O)[C@H]1CCC[C@@H]1O. The summed E-state index contributed by atoms with van der Waals surface area (Å²) in [5.74, 6) is 0.148. The quantitative estimate of drug-likeness (QED) is 0.663. The molecular weight excluding hydrogens is 164 g/mol. The Kier molecular flexibility index (Phi) is 2.54. The molecule has 1 fully saturated rings. The molecular formula is C7H14O3S. The zero-order valence-corrected chi connectivity index (χ0v) is 7.47. The summed E-state index contributed by atoms with van der Waals surface area (Å²) in [5, 5.41) is 8.80. The highest BCUT2D eigenvalue weighted by atomic mass is 32.2. The Morgan fingerprint density at radius 3 is 2.45 bits per heavy atom. The monoisotopic (exact) mass is 178 g/mol. The molecule has 2 atom stereocenters. The molecule has 11 heavy (non-hydrogen) atoms. The highest BCUT2D eigenvalue weighted by Crippen LogP contribution is 2.25. The van der Waals surface area contributed by atoms with Crippen molar-refractivity contribution in [3.05, 3.63) is 0 Å². The van der Waals surface area contributed by atoms with E-state index in [1.165, 1.54) is 0 Å². The first-order chi connectivity index (χ1) is 5.08. The number of aliphatic hydroxyl groups excluding tert-OH is 1. The molecule has 66 valence electrons. The van der Waals surface area contributed by atoms with Gasteiger partial charge in [0.1, 0.15) is 0 Å². The zero-order valence-electron chi connectivity index (χ0n) is 6.66. The van der Waals surface area contributed by atoms with E-state index in [0.717, 1.165) is 6.42 Å². The molecule has 3 nitrogen and oxygen atoms in total. The third kappa shape index (κ3) is 1.73. The molecule has 1 aliphatic carbocycles. The van der Waals surface area contributed by atoms with Crippen molar-refractivity contribution in [2.24, 2.45) is 0 Å². The summed E-state index contributed by atoms with van der Waals surface area (Å²) in [5.41, 5.74) is 0. The van der Waals surface area contributed by atoms with Gasteiger partial charge in [0.15, 0.2) is 9.84 Å². The fraction of sp³-hybridized carbons (Fsp3) is 1.00. The molecule has 0 saturated heterocycles. The molecule has 0 radical (unpaired) electrons. The van der Waals surface area contributed by atoms with E-state index in [2.05, 4.69) is 0 Å². The lowest BCUT2D eigenvalue weighted by molar-refractivity contribution is 0.185. The van der Waals surface area contributed by atoms with Crippen molar-refractivity contribution in [1.29, 1.82) is 0 Å². The molecule has 0 unspecified atom stereocenters. The van der Waals surface area contributed by atoms with Crippen LogP contribution >= 0.6 is 0 Å². The molecule has 0 heterocycles. The van der Waals surface area contributed by atoms with Crippen LogP contribution in [0.2, 0.25) is 0 Å². The predicted octanol–water partition coefficient (Wildman–Crippen LogP) is 0.335. The van der Waals surface area contributed by atoms with Gasteiger partial charge in [0.05, 0.1) is 11.4 Å². The maximum Gasteiger partial charge on any atom is 0.155 e. The molecule has 0 aliphatic heterocycles. The summed E-state index contributed by atoms with van der Waals surface area (Å²) >= 11 is 0. The summed E-state index contributed by atoms with van der Waals surface area (Å²) in [6.07, 6.45) is 1.51. The van der Waals surface area contributed by atoms with Gasteiger partial charge in [-0.15, -0.1) is 0 Å². The first kappa shape index (κ1) is 9.00. The second kappa shape index (κ2) is 3.11. The average molecular weight is 178 g/mol. The van der Waals surface area contributed by atoms with Crippen LogP contribution in [-0.4, -0.2) is 30.6 Å². The molecule has 1 saturated carbocycles. The van der Waals surface area contributed by atoms with E-state index in [-0.39, 0.29) is 5.75 Å². The Hall–Kier alpha value is -0.0900. The fourth-order valence-electron chi connectivity index (χ4n) is 1.54. The smallest absolute Gasteiger partial charge is 0.155 e. The summed E-state index contributed by atoms with van der Waals surface area (Å²) in [4.78, 5) is 0. The van der Waals surface area contributed by atoms with E-state index in [1.807, 2.05) is 0 Å². The molecule has 1 aliphatic rings. The summed E-state index contributed by atoms with van der Waals surface area (Å²) in [6, 6.07) is 0. The Morgan fingerprint density at radius 2 is 2.09 bits per heavy atom. The van der Waals surface area contributed by atoms with Crippen molar-refractivity contribution >= 4 is 9.84 Å². The average Bonchev–Trinajstić information content (AvgIpc) is 2.36. The molecule has 1 rings (SSSR count). The molecule has 0 spiro atoms. The van der Waals surface area contributed by atoms with Crippen molar-refractivity contribution in [3.63, 3.8) is 0 Å². The highest BCUT2D eigenvalue weighted by molar-refractivity contribution is 7.92. The topological polar surface area (TPSA) is 54.4 Å². The third-order valence-electron chi connectivity index (χ3n) is 2.28. The Balaban J connectivity index is 2.75. The molecule has 1 N–H and O–H groups in total. The highest BCUT2D eigenvalue weighted by Gasteiger charge is 2.34. The van der Waals surface area contributed by atoms with Crippen molar-refractivity contribution in [3.8, 4) is 0 Å². The number of hydrogen-bond acceptors (Lipinski definition) is 3. The van der Waals surface area contributed by atoms with Crippen LogP contribution in [0.1, 0.15) is 26.2 Å². The van der Waals surface area contributed by atoms with Gasteiger partial charge < -0.3 is 5.11 Å². The maximum atomic E-state index is 11.3. The van der Waals surface area contributed by atoms with Crippen LogP contribution in [0.3, 0.4) is 0 Å². The van der Waals surface area contributed by atoms with Gasteiger partial charge in [0.25, 0.3) is 0 Å². The fourth-order valence-corrected chi connectivity index (χ4v) is 3.11. The summed E-state index contributed by atoms with van der Waals surface area (Å²) in [6.45, 7) is 1.63. The van der Waals surface area contributed by atoms with Gasteiger partial charge in [0.2, 0.25) is 0 Å². The van der Waals surface area contributed by atoms with Gasteiger partial charge in [0, 0.05) is 5.75 Å². The van der Waals surface area contributed by atoms with Gasteiger partial charge in [-0.2, -0.15) is 0 Å². The van der Waals surface area contributed by atoms with Crippen LogP contribution in [0.25, 0.3) is 0 Å². The van der Waals surface area contributed by atoms with Crippen molar-refractivity contribution in [2.45, 2.75) is 37.5 Å². The molecule has 0 aromatic carbocycles. The van der Waals surface area contributed by atoms with Crippen molar-refractivity contribution in [1.82, 2.24) is 0 Å². The number of sulfone groups is 1. The largest absolute Gasteiger partial charge is 0.392 e. The van der Waals surface area contributed by atoms with Crippen LogP contribution in [0.4, 0.5) is 0 Å². The molecule has 0 bridgehead atoms. The number of rotatable bonds is 2. The van der Waals surface area contributed by atoms with Gasteiger partial charge >= 0.3 is 0 Å². The lowest BCUT2D eigenvalue weighted by Crippen LogP contribution is -2.30. The second-order valence-corrected chi connectivity index (χ2v) is 5.50. The second-order valence-electron chi connectivity index (χ2n) is 2.99. The number of aliphatic hydroxyl groups is 1. The van der Waals surface area contributed by atoms with E-state index < -0.39 is 21.2 Å². The minimum absolute atomic E-state index is 0.148. The molecule has 0 aromatic rings. The van der Waals surface area contributed by atoms with Crippen molar-refractivity contribution in [2.75, 3.05) is 5.75 Å². The summed E-state index contributed by atoms with van der Waals surface area (Å²) < 4.78 is 22.5. The Bertz CT molecular complexity index is 220. The maximum absolute atomic E-state index is 11.3. The number of hydrogen-bond donors (Lipinski definition) is 1. The molecule has 0 amide bonds. The molecule has 4 heteroatoms. The predicted molar refractivity (Wildman–Crippen MR) is 43.1 cm³/mol.